The Morgan fingerprint density at radius 2 is 2.31 bits per heavy atom. The highest BCUT2D eigenvalue weighted by molar-refractivity contribution is 5.44. The first-order valence-electron chi connectivity index (χ1n) is 4.86. The minimum absolute atomic E-state index is 0.207. The first-order chi connectivity index (χ1) is 7.74. The van der Waals surface area contributed by atoms with Crippen molar-refractivity contribution in [1.29, 1.82) is 0 Å². The van der Waals surface area contributed by atoms with Crippen LogP contribution in [0.15, 0.2) is 30.9 Å². The van der Waals surface area contributed by atoms with Crippen molar-refractivity contribution in [2.75, 3.05) is 5.73 Å². The lowest BCUT2D eigenvalue weighted by Gasteiger charge is -2.17. The number of nitrogens with one attached hydrogen (secondary N) is 1. The number of nitrogens with two attached hydrogens (primary N) is 2. The van der Waals surface area contributed by atoms with E-state index in [1.54, 1.807) is 18.7 Å². The molecule has 2 rings (SSSR count). The molecule has 16 heavy (non-hydrogen) atoms. The number of anilines is 1. The lowest BCUT2D eigenvalue weighted by Crippen LogP contribution is -2.30. The molecular weight excluding hydrogens is 204 g/mol. The summed E-state index contributed by atoms with van der Waals surface area (Å²) in [6.07, 6.45) is 5.11. The van der Waals surface area contributed by atoms with Gasteiger partial charge in [-0.15, -0.1) is 0 Å². The number of aromatic nitrogens is 3. The van der Waals surface area contributed by atoms with Gasteiger partial charge in [0.2, 0.25) is 0 Å². The van der Waals surface area contributed by atoms with Gasteiger partial charge in [-0.1, -0.05) is 6.07 Å². The average Bonchev–Trinajstić information content (AvgIpc) is 2.69. The molecule has 0 saturated carbocycles. The van der Waals surface area contributed by atoms with Crippen LogP contribution < -0.4 is 17.0 Å². The number of pyridine rings is 1. The van der Waals surface area contributed by atoms with Crippen LogP contribution in [0.2, 0.25) is 0 Å². The SMILES string of the molecule is Cn1cncc1C(NN)c1cccnc1N. The van der Waals surface area contributed by atoms with Crippen molar-refractivity contribution in [2.45, 2.75) is 6.04 Å². The quantitative estimate of drug-likeness (QED) is 0.496. The van der Waals surface area contributed by atoms with Crippen molar-refractivity contribution >= 4 is 5.82 Å². The molecule has 0 aliphatic carbocycles. The van der Waals surface area contributed by atoms with Crippen LogP contribution in [0.1, 0.15) is 17.3 Å². The molecule has 0 aliphatic rings. The normalized spacial score (nSPS) is 12.6. The van der Waals surface area contributed by atoms with E-state index in [-0.39, 0.29) is 6.04 Å². The third kappa shape index (κ3) is 1.75. The molecule has 6 nitrogen and oxygen atoms in total. The molecular formula is C10H14N6. The number of hydrogen-bond acceptors (Lipinski definition) is 5. The van der Waals surface area contributed by atoms with Gasteiger partial charge < -0.3 is 10.3 Å². The molecule has 1 unspecified atom stereocenters. The summed E-state index contributed by atoms with van der Waals surface area (Å²) in [5.41, 5.74) is 10.3. The monoisotopic (exact) mass is 218 g/mol. The fourth-order valence-electron chi connectivity index (χ4n) is 1.65. The van der Waals surface area contributed by atoms with Crippen molar-refractivity contribution in [3.63, 3.8) is 0 Å². The van der Waals surface area contributed by atoms with Crippen LogP contribution in [-0.4, -0.2) is 14.5 Å². The van der Waals surface area contributed by atoms with Gasteiger partial charge in [-0.25, -0.2) is 15.4 Å². The van der Waals surface area contributed by atoms with Gasteiger partial charge in [0, 0.05) is 18.8 Å². The lowest BCUT2D eigenvalue weighted by atomic mass is 10.1. The van der Waals surface area contributed by atoms with Gasteiger partial charge in [-0.2, -0.15) is 0 Å². The molecule has 0 amide bonds. The van der Waals surface area contributed by atoms with Crippen LogP contribution in [0.4, 0.5) is 5.82 Å². The van der Waals surface area contributed by atoms with Crippen LogP contribution in [0.3, 0.4) is 0 Å². The minimum atomic E-state index is -0.207. The van der Waals surface area contributed by atoms with Crippen molar-refractivity contribution in [1.82, 2.24) is 20.0 Å². The highest BCUT2D eigenvalue weighted by atomic mass is 15.2. The van der Waals surface area contributed by atoms with E-state index in [1.165, 1.54) is 0 Å². The van der Waals surface area contributed by atoms with Gasteiger partial charge in [0.1, 0.15) is 5.82 Å². The van der Waals surface area contributed by atoms with Crippen LogP contribution in [0.5, 0.6) is 0 Å². The number of rotatable bonds is 3. The van der Waals surface area contributed by atoms with Gasteiger partial charge in [0.15, 0.2) is 0 Å². The van der Waals surface area contributed by atoms with E-state index < -0.39 is 0 Å². The molecule has 0 bridgehead atoms. The van der Waals surface area contributed by atoms with Gasteiger partial charge >= 0.3 is 0 Å². The summed E-state index contributed by atoms with van der Waals surface area (Å²) in [4.78, 5) is 8.09. The number of imidazole rings is 1. The van der Waals surface area contributed by atoms with Crippen molar-refractivity contribution in [3.05, 3.63) is 42.1 Å². The van der Waals surface area contributed by atoms with Gasteiger partial charge in [-0.3, -0.25) is 5.84 Å². The summed E-state index contributed by atoms with van der Waals surface area (Å²) in [6, 6.07) is 3.51. The summed E-state index contributed by atoms with van der Waals surface area (Å²) < 4.78 is 1.89. The highest BCUT2D eigenvalue weighted by Crippen LogP contribution is 2.23. The van der Waals surface area contributed by atoms with Crippen molar-refractivity contribution in [2.24, 2.45) is 12.9 Å². The van der Waals surface area contributed by atoms with E-state index in [9.17, 15) is 0 Å². The number of nitrogens with zero attached hydrogens (tertiary/aromatic N) is 3. The topological polar surface area (TPSA) is 94.8 Å². The summed E-state index contributed by atoms with van der Waals surface area (Å²) in [5.74, 6) is 6.02. The standard InChI is InChI=1S/C10H14N6/c1-16-6-13-5-8(16)9(15-12)7-3-2-4-14-10(7)11/h2-6,9,15H,12H2,1H3,(H2,11,14). The molecule has 0 radical (unpaired) electrons. The molecule has 2 aromatic rings. The van der Waals surface area contributed by atoms with Crippen molar-refractivity contribution < 1.29 is 0 Å². The molecule has 0 spiro atoms. The zero-order chi connectivity index (χ0) is 11.5. The molecule has 1 atom stereocenters. The van der Waals surface area contributed by atoms with E-state index in [0.29, 0.717) is 5.82 Å². The van der Waals surface area contributed by atoms with Gasteiger partial charge in [0.05, 0.1) is 24.3 Å². The Balaban J connectivity index is 2.45. The van der Waals surface area contributed by atoms with E-state index >= 15 is 0 Å². The Hall–Kier alpha value is -1.92. The summed E-state index contributed by atoms with van der Waals surface area (Å²) >= 11 is 0. The Bertz CT molecular complexity index is 478. The van der Waals surface area contributed by atoms with E-state index in [1.807, 2.05) is 23.7 Å². The first-order valence-corrected chi connectivity index (χ1v) is 4.86. The second-order valence-electron chi connectivity index (χ2n) is 3.51. The molecule has 0 aromatic carbocycles. The van der Waals surface area contributed by atoms with Crippen LogP contribution in [0.25, 0.3) is 0 Å². The zero-order valence-corrected chi connectivity index (χ0v) is 8.96. The molecule has 0 aliphatic heterocycles. The maximum Gasteiger partial charge on any atom is 0.128 e. The maximum absolute atomic E-state index is 5.82. The number of hydrogen-bond donors (Lipinski definition) is 3. The third-order valence-corrected chi connectivity index (χ3v) is 2.50. The lowest BCUT2D eigenvalue weighted by molar-refractivity contribution is 0.597. The van der Waals surface area contributed by atoms with Crippen molar-refractivity contribution in [3.8, 4) is 0 Å². The van der Waals surface area contributed by atoms with Crippen LogP contribution in [-0.2, 0) is 7.05 Å². The van der Waals surface area contributed by atoms with E-state index in [2.05, 4.69) is 15.4 Å². The molecule has 6 heteroatoms. The fraction of sp³-hybridized carbons (Fsp3) is 0.200. The zero-order valence-electron chi connectivity index (χ0n) is 8.96. The molecule has 2 heterocycles. The second kappa shape index (κ2) is 4.30. The summed E-state index contributed by atoms with van der Waals surface area (Å²) in [5, 5.41) is 0. The smallest absolute Gasteiger partial charge is 0.128 e. The number of hydrazine groups is 1. The molecule has 5 N–H and O–H groups in total. The summed E-state index contributed by atoms with van der Waals surface area (Å²) in [6.45, 7) is 0. The molecule has 2 aromatic heterocycles. The van der Waals surface area contributed by atoms with Crippen LogP contribution >= 0.6 is 0 Å². The van der Waals surface area contributed by atoms with E-state index in [4.69, 9.17) is 11.6 Å². The van der Waals surface area contributed by atoms with E-state index in [0.717, 1.165) is 11.3 Å². The average molecular weight is 218 g/mol. The first kappa shape index (κ1) is 10.6. The fourth-order valence-corrected chi connectivity index (χ4v) is 1.65. The molecule has 0 saturated heterocycles. The Morgan fingerprint density at radius 1 is 1.50 bits per heavy atom. The van der Waals surface area contributed by atoms with Gasteiger partial charge in [-0.05, 0) is 6.07 Å². The predicted octanol–water partition coefficient (Wildman–Crippen LogP) is -0.0500. The summed E-state index contributed by atoms with van der Waals surface area (Å²) in [7, 11) is 1.90. The Kier molecular flexibility index (Phi) is 2.84. The molecule has 0 fully saturated rings. The number of aryl methyl sites for hydroxylation is 1. The van der Waals surface area contributed by atoms with Gasteiger partial charge in [0.25, 0.3) is 0 Å². The predicted molar refractivity (Wildman–Crippen MR) is 61.0 cm³/mol. The molecule has 84 valence electrons. The number of nitrogen functional groups attached to an aromatic ring is 1. The Labute approximate surface area is 93.3 Å². The Morgan fingerprint density at radius 3 is 2.88 bits per heavy atom. The highest BCUT2D eigenvalue weighted by Gasteiger charge is 2.18. The minimum Gasteiger partial charge on any atom is -0.383 e. The second-order valence-corrected chi connectivity index (χ2v) is 3.51. The van der Waals surface area contributed by atoms with Crippen LogP contribution in [0, 0.1) is 0 Å². The largest absolute Gasteiger partial charge is 0.383 e. The third-order valence-electron chi connectivity index (χ3n) is 2.50. The maximum atomic E-state index is 5.82.